The molecule has 0 spiro atoms. The number of aromatic nitrogens is 1. The molecule has 2 heteroatoms. The van der Waals surface area contributed by atoms with Gasteiger partial charge in [0, 0.05) is 23.9 Å². The summed E-state index contributed by atoms with van der Waals surface area (Å²) in [5, 5.41) is 2.31. The molecule has 1 aromatic heterocycles. The Bertz CT molecular complexity index is 772. The maximum atomic E-state index is 12.4. The van der Waals surface area contributed by atoms with Gasteiger partial charge in [-0.2, -0.15) is 0 Å². The van der Waals surface area contributed by atoms with Gasteiger partial charge in [-0.1, -0.05) is 42.5 Å². The number of hydrogen-bond acceptors (Lipinski definition) is 2. The van der Waals surface area contributed by atoms with Crippen molar-refractivity contribution in [2.45, 2.75) is 13.3 Å². The second kappa shape index (κ2) is 5.25. The van der Waals surface area contributed by atoms with E-state index in [0.717, 1.165) is 16.6 Å². The molecular weight excluding hydrogens is 246 g/mol. The van der Waals surface area contributed by atoms with E-state index in [4.69, 9.17) is 0 Å². The van der Waals surface area contributed by atoms with Crippen LogP contribution in [0.2, 0.25) is 0 Å². The summed E-state index contributed by atoms with van der Waals surface area (Å²) in [7, 11) is 0. The van der Waals surface area contributed by atoms with Gasteiger partial charge in [-0.15, -0.1) is 0 Å². The molecule has 0 amide bonds. The number of aryl methyl sites for hydroxylation is 1. The molecule has 20 heavy (non-hydrogen) atoms. The zero-order chi connectivity index (χ0) is 13.9. The quantitative estimate of drug-likeness (QED) is 0.668. The van der Waals surface area contributed by atoms with Gasteiger partial charge in [0.15, 0.2) is 5.78 Å². The van der Waals surface area contributed by atoms with Crippen LogP contribution in [0.4, 0.5) is 0 Å². The van der Waals surface area contributed by atoms with Crippen LogP contribution in [0.3, 0.4) is 0 Å². The van der Waals surface area contributed by atoms with E-state index in [9.17, 15) is 4.79 Å². The highest BCUT2D eigenvalue weighted by molar-refractivity contribution is 6.00. The molecule has 3 aromatic rings. The number of carbonyl (C=O) groups is 1. The summed E-state index contributed by atoms with van der Waals surface area (Å²) in [6, 6.07) is 17.9. The Morgan fingerprint density at radius 3 is 2.65 bits per heavy atom. The minimum atomic E-state index is 0.118. The fourth-order valence-electron chi connectivity index (χ4n) is 2.49. The molecule has 0 bridgehead atoms. The first kappa shape index (κ1) is 12.5. The summed E-state index contributed by atoms with van der Waals surface area (Å²) < 4.78 is 0. The van der Waals surface area contributed by atoms with Crippen molar-refractivity contribution in [1.29, 1.82) is 0 Å². The van der Waals surface area contributed by atoms with Gasteiger partial charge in [-0.3, -0.25) is 9.78 Å². The lowest BCUT2D eigenvalue weighted by Crippen LogP contribution is -2.06. The Labute approximate surface area is 118 Å². The van der Waals surface area contributed by atoms with Crippen molar-refractivity contribution in [1.82, 2.24) is 4.98 Å². The summed E-state index contributed by atoms with van der Waals surface area (Å²) in [5.74, 6) is 0.118. The first-order chi connectivity index (χ1) is 9.75. The first-order valence-electron chi connectivity index (χ1n) is 6.67. The lowest BCUT2D eigenvalue weighted by molar-refractivity contribution is 0.0992. The highest BCUT2D eigenvalue weighted by Gasteiger charge is 2.11. The number of benzene rings is 2. The van der Waals surface area contributed by atoms with Gasteiger partial charge in [0.1, 0.15) is 0 Å². The Morgan fingerprint density at radius 2 is 1.80 bits per heavy atom. The van der Waals surface area contributed by atoms with Crippen molar-refractivity contribution in [3.05, 3.63) is 77.6 Å². The van der Waals surface area contributed by atoms with Crippen LogP contribution < -0.4 is 0 Å². The molecule has 0 atom stereocenters. The maximum absolute atomic E-state index is 12.4. The lowest BCUT2D eigenvalue weighted by atomic mass is 9.97. The number of nitrogens with zero attached hydrogens (tertiary/aromatic N) is 1. The molecule has 0 aliphatic rings. The number of pyridine rings is 1. The average Bonchev–Trinajstić information content (AvgIpc) is 2.48. The van der Waals surface area contributed by atoms with Crippen LogP contribution in [0.1, 0.15) is 21.6 Å². The molecule has 0 saturated carbocycles. The molecule has 0 N–H and O–H groups in total. The smallest absolute Gasteiger partial charge is 0.169 e. The van der Waals surface area contributed by atoms with Crippen LogP contribution in [0.5, 0.6) is 0 Å². The predicted octanol–water partition coefficient (Wildman–Crippen LogP) is 3.97. The van der Waals surface area contributed by atoms with Crippen molar-refractivity contribution in [2.75, 3.05) is 0 Å². The molecule has 98 valence electrons. The van der Waals surface area contributed by atoms with Gasteiger partial charge in [-0.25, -0.2) is 0 Å². The lowest BCUT2D eigenvalue weighted by Gasteiger charge is -2.07. The molecule has 0 aliphatic carbocycles. The number of fused-ring (bicyclic) bond motifs is 1. The molecule has 0 saturated heterocycles. The Hall–Kier alpha value is -2.48. The molecule has 3 rings (SSSR count). The topological polar surface area (TPSA) is 30.0 Å². The second-order valence-corrected chi connectivity index (χ2v) is 4.87. The van der Waals surface area contributed by atoms with E-state index in [1.165, 1.54) is 5.39 Å². The molecule has 2 nitrogen and oxygen atoms in total. The highest BCUT2D eigenvalue weighted by atomic mass is 16.1. The largest absolute Gasteiger partial charge is 0.294 e. The zero-order valence-electron chi connectivity index (χ0n) is 11.3. The van der Waals surface area contributed by atoms with E-state index >= 15 is 0 Å². The summed E-state index contributed by atoms with van der Waals surface area (Å²) in [4.78, 5) is 16.6. The maximum Gasteiger partial charge on any atom is 0.169 e. The van der Waals surface area contributed by atoms with Gasteiger partial charge in [0.25, 0.3) is 0 Å². The summed E-state index contributed by atoms with van der Waals surface area (Å²) in [6.07, 6.45) is 2.12. The Balaban J connectivity index is 1.98. The van der Waals surface area contributed by atoms with E-state index in [2.05, 4.69) is 23.2 Å². The van der Waals surface area contributed by atoms with Crippen molar-refractivity contribution in [3.63, 3.8) is 0 Å². The van der Waals surface area contributed by atoms with Gasteiger partial charge in [-0.05, 0) is 35.4 Å². The van der Waals surface area contributed by atoms with Crippen molar-refractivity contribution < 1.29 is 4.79 Å². The van der Waals surface area contributed by atoms with Crippen LogP contribution >= 0.6 is 0 Å². The average molecular weight is 261 g/mol. The second-order valence-electron chi connectivity index (χ2n) is 4.87. The van der Waals surface area contributed by atoms with E-state index in [1.807, 2.05) is 43.3 Å². The number of ketones is 1. The van der Waals surface area contributed by atoms with Crippen LogP contribution in [0.25, 0.3) is 10.8 Å². The molecule has 0 radical (unpaired) electrons. The minimum absolute atomic E-state index is 0.118. The molecule has 0 fully saturated rings. The third-order valence-electron chi connectivity index (χ3n) is 3.54. The normalized spacial score (nSPS) is 10.7. The third kappa shape index (κ3) is 2.32. The first-order valence-corrected chi connectivity index (χ1v) is 6.67. The molecular formula is C18H15NO. The predicted molar refractivity (Wildman–Crippen MR) is 81.0 cm³/mol. The molecule has 2 aromatic carbocycles. The molecule has 1 heterocycles. The summed E-state index contributed by atoms with van der Waals surface area (Å²) >= 11 is 0. The third-order valence-corrected chi connectivity index (χ3v) is 3.54. The van der Waals surface area contributed by atoms with E-state index < -0.39 is 0 Å². The van der Waals surface area contributed by atoms with Crippen molar-refractivity contribution in [2.24, 2.45) is 0 Å². The number of carbonyl (C=O) groups excluding carboxylic acids is 1. The van der Waals surface area contributed by atoms with Crippen molar-refractivity contribution in [3.8, 4) is 0 Å². The van der Waals surface area contributed by atoms with Crippen LogP contribution in [0, 0.1) is 6.92 Å². The Morgan fingerprint density at radius 1 is 1.00 bits per heavy atom. The molecule has 0 unspecified atom stereocenters. The fourth-order valence-corrected chi connectivity index (χ4v) is 2.49. The summed E-state index contributed by atoms with van der Waals surface area (Å²) in [6.45, 7) is 1.87. The zero-order valence-corrected chi connectivity index (χ0v) is 11.3. The van der Waals surface area contributed by atoms with Gasteiger partial charge in [0.2, 0.25) is 0 Å². The molecule has 0 aliphatic heterocycles. The fraction of sp³-hybridized carbons (Fsp3) is 0.111. The number of rotatable bonds is 3. The van der Waals surface area contributed by atoms with Crippen molar-refractivity contribution >= 4 is 16.6 Å². The minimum Gasteiger partial charge on any atom is -0.294 e. The highest BCUT2D eigenvalue weighted by Crippen LogP contribution is 2.20. The van der Waals surface area contributed by atoms with Gasteiger partial charge >= 0.3 is 0 Å². The van der Waals surface area contributed by atoms with Crippen LogP contribution in [-0.2, 0) is 6.42 Å². The van der Waals surface area contributed by atoms with E-state index in [0.29, 0.717) is 12.0 Å². The van der Waals surface area contributed by atoms with Gasteiger partial charge in [0.05, 0.1) is 0 Å². The van der Waals surface area contributed by atoms with E-state index in [1.54, 1.807) is 6.20 Å². The summed E-state index contributed by atoms with van der Waals surface area (Å²) in [5.41, 5.74) is 2.56. The Kier molecular flexibility index (Phi) is 3.30. The van der Waals surface area contributed by atoms with Crippen LogP contribution in [-0.4, -0.2) is 10.8 Å². The van der Waals surface area contributed by atoms with Gasteiger partial charge < -0.3 is 0 Å². The van der Waals surface area contributed by atoms with E-state index in [-0.39, 0.29) is 5.78 Å². The SMILES string of the molecule is Cc1ncccc1C(=O)Cc1cccc2ccccc12. The number of hydrogen-bond donors (Lipinski definition) is 0. The standard InChI is InChI=1S/C18H15NO/c1-13-16(10-5-11-19-13)18(20)12-15-8-4-7-14-6-2-3-9-17(14)15/h2-11H,12H2,1H3. The number of Topliss-reactive ketones (excluding diaryl/α,β-unsaturated/α-hetero) is 1. The van der Waals surface area contributed by atoms with Crippen LogP contribution in [0.15, 0.2) is 60.8 Å². The monoisotopic (exact) mass is 261 g/mol.